The van der Waals surface area contributed by atoms with Gasteiger partial charge in [0, 0.05) is 19.5 Å². The summed E-state index contributed by atoms with van der Waals surface area (Å²) in [6.45, 7) is 2.51. The second-order valence-electron chi connectivity index (χ2n) is 3.64. The molecule has 0 radical (unpaired) electrons. The maximum atomic E-state index is 11.6. The highest BCUT2D eigenvalue weighted by molar-refractivity contribution is 6.42. The Morgan fingerprint density at radius 1 is 1.35 bits per heavy atom. The molecular weight excluding hydrogens is 261 g/mol. The summed E-state index contributed by atoms with van der Waals surface area (Å²) >= 11 is 11.7. The van der Waals surface area contributed by atoms with Gasteiger partial charge in [0.1, 0.15) is 0 Å². The van der Waals surface area contributed by atoms with Crippen LogP contribution in [0.4, 0.5) is 0 Å². The molecule has 1 amide bonds. The van der Waals surface area contributed by atoms with E-state index in [2.05, 4.69) is 0 Å². The molecule has 17 heavy (non-hydrogen) atoms. The van der Waals surface area contributed by atoms with Gasteiger partial charge in [-0.2, -0.15) is 0 Å². The van der Waals surface area contributed by atoms with Crippen LogP contribution in [-0.4, -0.2) is 29.1 Å². The average molecular weight is 276 g/mol. The molecule has 0 saturated carbocycles. The molecule has 0 aromatic heterocycles. The first kappa shape index (κ1) is 14.3. The van der Waals surface area contributed by atoms with Gasteiger partial charge in [0.2, 0.25) is 5.91 Å². The molecule has 0 fully saturated rings. The fraction of sp³-hybridized carbons (Fsp3) is 0.417. The zero-order valence-electron chi connectivity index (χ0n) is 9.62. The average Bonchev–Trinajstić information content (AvgIpc) is 2.32. The summed E-state index contributed by atoms with van der Waals surface area (Å²) in [5, 5.41) is 9.88. The first-order chi connectivity index (χ1) is 8.08. The maximum Gasteiger partial charge on any atom is 0.222 e. The van der Waals surface area contributed by atoms with Crippen LogP contribution in [0.1, 0.15) is 18.9 Å². The summed E-state index contributed by atoms with van der Waals surface area (Å²) in [5.41, 5.74) is 0.898. The lowest BCUT2D eigenvalue weighted by atomic mass is 10.2. The Morgan fingerprint density at radius 2 is 2.06 bits per heavy atom. The molecule has 1 N–H and O–H groups in total. The van der Waals surface area contributed by atoms with Crippen molar-refractivity contribution in [2.75, 3.05) is 13.2 Å². The number of nitrogens with zero attached hydrogens (tertiary/aromatic N) is 1. The van der Waals surface area contributed by atoms with Crippen LogP contribution in [0.3, 0.4) is 0 Å². The fourth-order valence-corrected chi connectivity index (χ4v) is 1.82. The molecule has 1 aromatic carbocycles. The molecule has 94 valence electrons. The van der Waals surface area contributed by atoms with Crippen LogP contribution in [0.15, 0.2) is 18.2 Å². The summed E-state index contributed by atoms with van der Waals surface area (Å²) in [7, 11) is 0. The summed E-state index contributed by atoms with van der Waals surface area (Å²) < 4.78 is 0. The van der Waals surface area contributed by atoms with Gasteiger partial charge in [-0.15, -0.1) is 0 Å². The minimum absolute atomic E-state index is 0.00474. The van der Waals surface area contributed by atoms with Crippen molar-refractivity contribution in [2.24, 2.45) is 0 Å². The van der Waals surface area contributed by atoms with E-state index in [0.717, 1.165) is 5.56 Å². The maximum absolute atomic E-state index is 11.6. The third kappa shape index (κ3) is 4.19. The zero-order chi connectivity index (χ0) is 12.8. The van der Waals surface area contributed by atoms with Gasteiger partial charge in [0.25, 0.3) is 0 Å². The Morgan fingerprint density at radius 3 is 2.59 bits per heavy atom. The van der Waals surface area contributed by atoms with E-state index in [4.69, 9.17) is 28.3 Å². The van der Waals surface area contributed by atoms with Crippen LogP contribution in [0.5, 0.6) is 0 Å². The van der Waals surface area contributed by atoms with E-state index in [9.17, 15) is 4.79 Å². The van der Waals surface area contributed by atoms with Gasteiger partial charge in [0.05, 0.1) is 16.7 Å². The number of carbonyl (C=O) groups is 1. The lowest BCUT2D eigenvalue weighted by Crippen LogP contribution is -2.32. The third-order valence-corrected chi connectivity index (χ3v) is 3.12. The number of carbonyl (C=O) groups excluding carboxylic acids is 1. The van der Waals surface area contributed by atoms with Crippen molar-refractivity contribution < 1.29 is 9.90 Å². The van der Waals surface area contributed by atoms with E-state index in [1.165, 1.54) is 0 Å². The Kier molecular flexibility index (Phi) is 5.75. The topological polar surface area (TPSA) is 40.5 Å². The van der Waals surface area contributed by atoms with E-state index in [1.54, 1.807) is 24.0 Å². The first-order valence-electron chi connectivity index (χ1n) is 5.41. The van der Waals surface area contributed by atoms with Gasteiger partial charge in [-0.1, -0.05) is 36.2 Å². The van der Waals surface area contributed by atoms with E-state index in [1.807, 2.05) is 6.07 Å². The molecule has 0 spiro atoms. The van der Waals surface area contributed by atoms with Crippen LogP contribution in [0.2, 0.25) is 10.0 Å². The molecule has 0 aliphatic heterocycles. The molecule has 0 saturated heterocycles. The number of hydrogen-bond donors (Lipinski definition) is 1. The van der Waals surface area contributed by atoms with Crippen molar-refractivity contribution in [3.63, 3.8) is 0 Å². The van der Waals surface area contributed by atoms with Crippen molar-refractivity contribution in [1.82, 2.24) is 4.90 Å². The lowest BCUT2D eigenvalue weighted by molar-refractivity contribution is -0.132. The second kappa shape index (κ2) is 6.84. The largest absolute Gasteiger partial charge is 0.395 e. The van der Waals surface area contributed by atoms with Crippen LogP contribution >= 0.6 is 23.2 Å². The molecule has 1 aromatic rings. The first-order valence-corrected chi connectivity index (χ1v) is 6.16. The number of aliphatic hydroxyl groups is 1. The number of halogens is 2. The van der Waals surface area contributed by atoms with Crippen LogP contribution in [0.25, 0.3) is 0 Å². The van der Waals surface area contributed by atoms with Gasteiger partial charge in [-0.25, -0.2) is 0 Å². The molecule has 5 heteroatoms. The molecule has 0 atom stereocenters. The van der Waals surface area contributed by atoms with Gasteiger partial charge in [-0.3, -0.25) is 4.79 Å². The molecule has 0 aliphatic carbocycles. The van der Waals surface area contributed by atoms with Gasteiger partial charge < -0.3 is 10.0 Å². The normalized spacial score (nSPS) is 10.4. The van der Waals surface area contributed by atoms with E-state index < -0.39 is 0 Å². The molecule has 0 unspecified atom stereocenters. The Bertz CT molecular complexity index is 396. The monoisotopic (exact) mass is 275 g/mol. The van der Waals surface area contributed by atoms with Crippen molar-refractivity contribution in [3.8, 4) is 0 Å². The molecular formula is C12H15Cl2NO2. The minimum Gasteiger partial charge on any atom is -0.395 e. The molecule has 1 rings (SSSR count). The van der Waals surface area contributed by atoms with E-state index in [-0.39, 0.29) is 12.5 Å². The van der Waals surface area contributed by atoms with Crippen molar-refractivity contribution >= 4 is 29.1 Å². The van der Waals surface area contributed by atoms with Crippen LogP contribution in [-0.2, 0) is 11.3 Å². The summed E-state index contributed by atoms with van der Waals surface area (Å²) in [5.74, 6) is 0.00474. The SMILES string of the molecule is CCC(=O)N(CCO)Cc1ccc(Cl)c(Cl)c1. The lowest BCUT2D eigenvalue weighted by Gasteiger charge is -2.21. The highest BCUT2D eigenvalue weighted by atomic mass is 35.5. The highest BCUT2D eigenvalue weighted by Gasteiger charge is 2.11. The number of hydrogen-bond acceptors (Lipinski definition) is 2. The summed E-state index contributed by atoms with van der Waals surface area (Å²) in [6.07, 6.45) is 0.418. The predicted octanol–water partition coefficient (Wildman–Crippen LogP) is 2.72. The standard InChI is InChI=1S/C12H15Cl2NO2/c1-2-12(17)15(5-6-16)8-9-3-4-10(13)11(14)7-9/h3-4,7,16H,2,5-6,8H2,1H3. The molecule has 0 aliphatic rings. The predicted molar refractivity (Wildman–Crippen MR) is 69.3 cm³/mol. The third-order valence-electron chi connectivity index (χ3n) is 2.38. The number of rotatable bonds is 5. The van der Waals surface area contributed by atoms with E-state index in [0.29, 0.717) is 29.6 Å². The minimum atomic E-state index is -0.0485. The number of aliphatic hydroxyl groups excluding tert-OH is 1. The van der Waals surface area contributed by atoms with Gasteiger partial charge >= 0.3 is 0 Å². The molecule has 3 nitrogen and oxygen atoms in total. The fourth-order valence-electron chi connectivity index (χ4n) is 1.49. The molecule has 0 bridgehead atoms. The van der Waals surface area contributed by atoms with Crippen molar-refractivity contribution in [3.05, 3.63) is 33.8 Å². The van der Waals surface area contributed by atoms with Crippen molar-refractivity contribution in [2.45, 2.75) is 19.9 Å². The summed E-state index contributed by atoms with van der Waals surface area (Å²) in [4.78, 5) is 13.2. The highest BCUT2D eigenvalue weighted by Crippen LogP contribution is 2.23. The van der Waals surface area contributed by atoms with Crippen molar-refractivity contribution in [1.29, 1.82) is 0 Å². The van der Waals surface area contributed by atoms with Gasteiger partial charge in [-0.05, 0) is 17.7 Å². The molecule has 0 heterocycles. The second-order valence-corrected chi connectivity index (χ2v) is 4.46. The number of amides is 1. The van der Waals surface area contributed by atoms with Crippen LogP contribution < -0.4 is 0 Å². The van der Waals surface area contributed by atoms with Gasteiger partial charge in [0.15, 0.2) is 0 Å². The smallest absolute Gasteiger partial charge is 0.222 e. The van der Waals surface area contributed by atoms with E-state index >= 15 is 0 Å². The number of benzene rings is 1. The van der Waals surface area contributed by atoms with Crippen LogP contribution in [0, 0.1) is 0 Å². The summed E-state index contributed by atoms with van der Waals surface area (Å²) in [6, 6.07) is 5.26. The Labute approximate surface area is 111 Å². The quantitative estimate of drug-likeness (QED) is 0.898. The Hall–Kier alpha value is -0.770. The zero-order valence-corrected chi connectivity index (χ0v) is 11.1. The Balaban J connectivity index is 2.78.